The molecule has 0 fully saturated rings. The van der Waals surface area contributed by atoms with Gasteiger partial charge in [-0.2, -0.15) is 0 Å². The molecular formula is C49H35N3Si. The van der Waals surface area contributed by atoms with Gasteiger partial charge in [-0.1, -0.05) is 177 Å². The number of benzene rings is 8. The second kappa shape index (κ2) is 12.3. The third-order valence-electron chi connectivity index (χ3n) is 10.9. The van der Waals surface area contributed by atoms with Crippen molar-refractivity contribution >= 4 is 40.0 Å². The number of hydrogen-bond donors (Lipinski definition) is 0. The highest BCUT2D eigenvalue weighted by molar-refractivity contribution is 7.04. The monoisotopic (exact) mass is 693 g/mol. The van der Waals surface area contributed by atoms with Crippen molar-refractivity contribution in [3.63, 3.8) is 0 Å². The van der Waals surface area contributed by atoms with Crippen molar-refractivity contribution in [1.82, 2.24) is 15.0 Å². The van der Waals surface area contributed by atoms with E-state index >= 15 is 0 Å². The molecule has 53 heavy (non-hydrogen) atoms. The zero-order chi connectivity index (χ0) is 35.5. The fourth-order valence-electron chi connectivity index (χ4n) is 8.04. The minimum absolute atomic E-state index is 0.657. The summed E-state index contributed by atoms with van der Waals surface area (Å²) >= 11 is 0. The molecule has 0 atom stereocenters. The summed E-state index contributed by atoms with van der Waals surface area (Å²) in [7, 11) is -2.00. The van der Waals surface area contributed by atoms with E-state index in [0.29, 0.717) is 17.5 Å². The minimum Gasteiger partial charge on any atom is -0.208 e. The van der Waals surface area contributed by atoms with Gasteiger partial charge in [0.1, 0.15) is 8.07 Å². The van der Waals surface area contributed by atoms with E-state index < -0.39 is 8.07 Å². The Balaban J connectivity index is 1.11. The van der Waals surface area contributed by atoms with E-state index in [4.69, 9.17) is 15.0 Å². The summed E-state index contributed by atoms with van der Waals surface area (Å²) in [5, 5.41) is 7.97. The van der Waals surface area contributed by atoms with Gasteiger partial charge in [0, 0.05) is 16.7 Å². The maximum absolute atomic E-state index is 5.24. The van der Waals surface area contributed by atoms with Gasteiger partial charge in [-0.15, -0.1) is 0 Å². The summed E-state index contributed by atoms with van der Waals surface area (Å²) in [4.78, 5) is 15.6. The van der Waals surface area contributed by atoms with Crippen molar-refractivity contribution in [3.05, 3.63) is 176 Å². The van der Waals surface area contributed by atoms with Crippen molar-refractivity contribution < 1.29 is 0 Å². The van der Waals surface area contributed by atoms with Gasteiger partial charge < -0.3 is 0 Å². The van der Waals surface area contributed by atoms with Crippen molar-refractivity contribution in [3.8, 4) is 67.5 Å². The van der Waals surface area contributed by atoms with Crippen LogP contribution in [0.1, 0.15) is 0 Å². The van der Waals surface area contributed by atoms with Crippen LogP contribution in [0.3, 0.4) is 0 Å². The van der Waals surface area contributed by atoms with Crippen molar-refractivity contribution in [2.75, 3.05) is 0 Å². The van der Waals surface area contributed by atoms with E-state index in [2.05, 4.69) is 183 Å². The molecule has 0 saturated heterocycles. The van der Waals surface area contributed by atoms with Gasteiger partial charge >= 0.3 is 0 Å². The lowest BCUT2D eigenvalue weighted by Crippen LogP contribution is -2.49. The topological polar surface area (TPSA) is 38.7 Å². The fourth-order valence-corrected chi connectivity index (χ4v) is 11.1. The van der Waals surface area contributed by atoms with Crippen LogP contribution in [-0.4, -0.2) is 23.0 Å². The predicted molar refractivity (Wildman–Crippen MR) is 224 cm³/mol. The van der Waals surface area contributed by atoms with Crippen LogP contribution in [0, 0.1) is 0 Å². The largest absolute Gasteiger partial charge is 0.208 e. The first-order valence-electron chi connectivity index (χ1n) is 18.2. The average molecular weight is 694 g/mol. The maximum Gasteiger partial charge on any atom is 0.164 e. The quantitative estimate of drug-likeness (QED) is 0.168. The molecule has 0 aliphatic carbocycles. The van der Waals surface area contributed by atoms with E-state index in [0.717, 1.165) is 33.4 Å². The molecular weight excluding hydrogens is 659 g/mol. The number of fused-ring (bicyclic) bond motifs is 5. The van der Waals surface area contributed by atoms with E-state index in [-0.39, 0.29) is 0 Å². The van der Waals surface area contributed by atoms with Gasteiger partial charge in [-0.3, -0.25) is 0 Å². The highest BCUT2D eigenvalue weighted by Crippen LogP contribution is 2.36. The van der Waals surface area contributed by atoms with E-state index in [9.17, 15) is 0 Å². The van der Waals surface area contributed by atoms with Crippen LogP contribution in [0.2, 0.25) is 13.1 Å². The molecule has 8 aromatic carbocycles. The van der Waals surface area contributed by atoms with E-state index in [1.54, 1.807) is 0 Å². The lowest BCUT2D eigenvalue weighted by Gasteiger charge is -2.20. The number of rotatable bonds is 5. The maximum atomic E-state index is 5.24. The first-order chi connectivity index (χ1) is 26.0. The normalized spacial score (nSPS) is 12.9. The molecule has 4 heteroatoms. The SMILES string of the molecule is C[Si]1(C)c2cc(-c3nc(-c4ccc(-c5ccc6ccccc6c5)cc4)nc(-c4ccccc4-c4ccccc4)n3)ccc2-c2cc3ccccc3cc21. The van der Waals surface area contributed by atoms with Gasteiger partial charge in [0.05, 0.1) is 0 Å². The standard InChI is InChI=1S/C49H35N3Si/c1-53(2)45-31-40(26-27-42(45)44-29-37-16-8-9-17-38(37)30-46(44)53)48-50-47(51-49(52-48)43-19-11-10-18-41(43)34-13-4-3-5-14-34)35-23-20-33(21-24-35)39-25-22-32-12-6-7-15-36(32)28-39/h3-31H,1-2H3. The zero-order valence-electron chi connectivity index (χ0n) is 29.6. The van der Waals surface area contributed by atoms with Gasteiger partial charge in [-0.25, -0.2) is 15.0 Å². The van der Waals surface area contributed by atoms with E-state index in [1.807, 2.05) is 6.07 Å². The van der Waals surface area contributed by atoms with E-state index in [1.165, 1.54) is 48.6 Å². The molecule has 10 rings (SSSR count). The smallest absolute Gasteiger partial charge is 0.164 e. The molecule has 0 saturated carbocycles. The molecule has 2 heterocycles. The van der Waals surface area contributed by atoms with Crippen molar-refractivity contribution in [1.29, 1.82) is 0 Å². The minimum atomic E-state index is -2.00. The highest BCUT2D eigenvalue weighted by Gasteiger charge is 2.38. The predicted octanol–water partition coefficient (Wildman–Crippen LogP) is 11.3. The molecule has 9 aromatic rings. The van der Waals surface area contributed by atoms with Gasteiger partial charge in [0.15, 0.2) is 17.5 Å². The van der Waals surface area contributed by atoms with Crippen molar-refractivity contribution in [2.45, 2.75) is 13.1 Å². The first kappa shape index (κ1) is 31.3. The second-order valence-electron chi connectivity index (χ2n) is 14.5. The summed E-state index contributed by atoms with van der Waals surface area (Å²) < 4.78 is 0. The van der Waals surface area contributed by atoms with Crippen LogP contribution >= 0.6 is 0 Å². The van der Waals surface area contributed by atoms with Crippen LogP contribution in [0.15, 0.2) is 176 Å². The highest BCUT2D eigenvalue weighted by atomic mass is 28.3. The number of nitrogens with zero attached hydrogens (tertiary/aromatic N) is 3. The van der Waals surface area contributed by atoms with Crippen LogP contribution in [0.4, 0.5) is 0 Å². The molecule has 0 unspecified atom stereocenters. The summed E-state index contributed by atoms with van der Waals surface area (Å²) in [6, 6.07) is 63.0. The zero-order valence-corrected chi connectivity index (χ0v) is 30.6. The van der Waals surface area contributed by atoms with Gasteiger partial charge in [0.2, 0.25) is 0 Å². The summed E-state index contributed by atoms with van der Waals surface area (Å²) in [5.74, 6) is 2.00. The Hall–Kier alpha value is -6.49. The summed E-state index contributed by atoms with van der Waals surface area (Å²) in [6.07, 6.45) is 0. The van der Waals surface area contributed by atoms with Crippen LogP contribution in [0.5, 0.6) is 0 Å². The molecule has 0 bridgehead atoms. The molecule has 0 amide bonds. The third-order valence-corrected chi connectivity index (χ3v) is 14.4. The summed E-state index contributed by atoms with van der Waals surface area (Å²) in [5.41, 5.74) is 10.2. The lowest BCUT2D eigenvalue weighted by atomic mass is 9.98. The second-order valence-corrected chi connectivity index (χ2v) is 18.8. The third kappa shape index (κ3) is 5.38. The molecule has 3 nitrogen and oxygen atoms in total. The van der Waals surface area contributed by atoms with Crippen LogP contribution in [-0.2, 0) is 0 Å². The van der Waals surface area contributed by atoms with Gasteiger partial charge in [0.25, 0.3) is 0 Å². The van der Waals surface area contributed by atoms with Crippen molar-refractivity contribution in [2.24, 2.45) is 0 Å². The molecule has 250 valence electrons. The Bertz CT molecular complexity index is 2860. The molecule has 1 aromatic heterocycles. The Kier molecular flexibility index (Phi) is 7.27. The fraction of sp³-hybridized carbons (Fsp3) is 0.0408. The first-order valence-corrected chi connectivity index (χ1v) is 21.2. The Morgan fingerprint density at radius 2 is 0.830 bits per heavy atom. The average Bonchev–Trinajstić information content (AvgIpc) is 3.44. The van der Waals surface area contributed by atoms with Crippen LogP contribution in [0.25, 0.3) is 89.1 Å². The molecule has 1 aliphatic rings. The van der Waals surface area contributed by atoms with Gasteiger partial charge in [-0.05, 0) is 77.4 Å². The Morgan fingerprint density at radius 1 is 0.302 bits per heavy atom. The number of aromatic nitrogens is 3. The number of hydrogen-bond acceptors (Lipinski definition) is 3. The Morgan fingerprint density at radius 3 is 1.58 bits per heavy atom. The lowest BCUT2D eigenvalue weighted by molar-refractivity contribution is 1.07. The van der Waals surface area contributed by atoms with Crippen LogP contribution < -0.4 is 10.4 Å². The molecule has 0 radical (unpaired) electrons. The Labute approximate surface area is 310 Å². The molecule has 1 aliphatic heterocycles. The molecule has 0 N–H and O–H groups in total. The molecule has 0 spiro atoms. The summed E-state index contributed by atoms with van der Waals surface area (Å²) in [6.45, 7) is 4.93.